The number of allylic oxidation sites excluding steroid dienone is 4. The first-order valence-electron chi connectivity index (χ1n) is 11.0. The molecule has 0 amide bonds. The summed E-state index contributed by atoms with van der Waals surface area (Å²) in [5.41, 5.74) is 11.7. The van der Waals surface area contributed by atoms with E-state index in [0.717, 1.165) is 53.9 Å². The highest BCUT2D eigenvalue weighted by atomic mass is 35.5. The molecule has 2 rings (SSSR count). The summed E-state index contributed by atoms with van der Waals surface area (Å²) in [7, 11) is 0. The average molecular weight is 425 g/mol. The lowest BCUT2D eigenvalue weighted by Gasteiger charge is -2.16. The van der Waals surface area contributed by atoms with Gasteiger partial charge in [0.05, 0.1) is 0 Å². The van der Waals surface area contributed by atoms with Gasteiger partial charge < -0.3 is 5.73 Å². The Bertz CT molecular complexity index is 875. The highest BCUT2D eigenvalue weighted by molar-refractivity contribution is 6.33. The van der Waals surface area contributed by atoms with Gasteiger partial charge in [0, 0.05) is 34.1 Å². The zero-order valence-corrected chi connectivity index (χ0v) is 20.0. The fourth-order valence-corrected chi connectivity index (χ4v) is 3.64. The van der Waals surface area contributed by atoms with E-state index in [1.54, 1.807) is 0 Å². The maximum atomic E-state index is 6.58. The number of rotatable bonds is 9. The van der Waals surface area contributed by atoms with Crippen LogP contribution in [-0.2, 0) is 6.42 Å². The Morgan fingerprint density at radius 1 is 1.17 bits per heavy atom. The van der Waals surface area contributed by atoms with Gasteiger partial charge in [0.2, 0.25) is 0 Å². The van der Waals surface area contributed by atoms with Crippen molar-refractivity contribution in [2.24, 2.45) is 17.1 Å². The van der Waals surface area contributed by atoms with Crippen LogP contribution in [0.4, 0.5) is 0 Å². The van der Waals surface area contributed by atoms with Crippen LogP contribution in [0.2, 0.25) is 5.02 Å². The maximum Gasteiger partial charge on any atom is 0.0485 e. The van der Waals surface area contributed by atoms with Crippen LogP contribution in [0.1, 0.15) is 65.0 Å². The minimum Gasteiger partial charge on any atom is -0.330 e. The monoisotopic (exact) mass is 424 g/mol. The maximum absolute atomic E-state index is 6.58. The van der Waals surface area contributed by atoms with Gasteiger partial charge in [0.15, 0.2) is 0 Å². The minimum absolute atomic E-state index is 0.247. The Kier molecular flexibility index (Phi) is 9.33. The van der Waals surface area contributed by atoms with Crippen LogP contribution in [0, 0.1) is 11.3 Å². The first-order chi connectivity index (χ1) is 14.2. The number of pyridine rings is 1. The van der Waals surface area contributed by atoms with Gasteiger partial charge in [-0.1, -0.05) is 63.6 Å². The van der Waals surface area contributed by atoms with Gasteiger partial charge in [-0.05, 0) is 79.8 Å². The van der Waals surface area contributed by atoms with Crippen LogP contribution < -0.4 is 5.73 Å². The van der Waals surface area contributed by atoms with Crippen LogP contribution in [0.5, 0.6) is 0 Å². The van der Waals surface area contributed by atoms with Crippen LogP contribution >= 0.6 is 11.6 Å². The second-order valence-electron chi connectivity index (χ2n) is 9.42. The molecule has 1 aromatic carbocycles. The lowest BCUT2D eigenvalue weighted by atomic mass is 9.90. The smallest absolute Gasteiger partial charge is 0.0485 e. The first-order valence-corrected chi connectivity index (χ1v) is 11.4. The molecule has 3 heteroatoms. The van der Waals surface area contributed by atoms with Gasteiger partial charge in [-0.3, -0.25) is 4.98 Å². The average Bonchev–Trinajstić information content (AvgIpc) is 2.70. The Hall–Kier alpha value is -1.90. The highest BCUT2D eigenvalue weighted by Gasteiger charge is 2.11. The van der Waals surface area contributed by atoms with E-state index in [4.69, 9.17) is 17.3 Å². The van der Waals surface area contributed by atoms with Gasteiger partial charge in [-0.2, -0.15) is 0 Å². The van der Waals surface area contributed by atoms with Crippen molar-refractivity contribution in [3.63, 3.8) is 0 Å². The summed E-state index contributed by atoms with van der Waals surface area (Å²) in [6.45, 7) is 11.8. The van der Waals surface area contributed by atoms with Gasteiger partial charge in [0.25, 0.3) is 0 Å². The van der Waals surface area contributed by atoms with Gasteiger partial charge in [-0.15, -0.1) is 0 Å². The number of halogens is 1. The van der Waals surface area contributed by atoms with Crippen molar-refractivity contribution in [2.45, 2.75) is 60.3 Å². The van der Waals surface area contributed by atoms with Crippen molar-refractivity contribution in [3.8, 4) is 11.1 Å². The lowest BCUT2D eigenvalue weighted by Crippen LogP contribution is -2.06. The minimum atomic E-state index is 0.247. The summed E-state index contributed by atoms with van der Waals surface area (Å²) < 4.78 is 0. The molecule has 1 unspecified atom stereocenters. The second-order valence-corrected chi connectivity index (χ2v) is 9.83. The van der Waals surface area contributed by atoms with E-state index in [1.165, 1.54) is 11.1 Å². The fraction of sp³-hybridized carbons (Fsp3) is 0.444. The summed E-state index contributed by atoms with van der Waals surface area (Å²) in [5.74, 6) is 0.635. The lowest BCUT2D eigenvalue weighted by molar-refractivity contribution is 0.421. The van der Waals surface area contributed by atoms with Gasteiger partial charge >= 0.3 is 0 Å². The third kappa shape index (κ3) is 7.74. The van der Waals surface area contributed by atoms with E-state index in [9.17, 15) is 0 Å². The summed E-state index contributed by atoms with van der Waals surface area (Å²) in [6.07, 6.45) is 14.6. The zero-order valence-electron chi connectivity index (χ0n) is 19.2. The molecule has 0 spiro atoms. The number of hydrogen-bond donors (Lipinski definition) is 1. The van der Waals surface area contributed by atoms with Crippen molar-refractivity contribution in [1.82, 2.24) is 4.98 Å². The van der Waals surface area contributed by atoms with Crippen LogP contribution in [0.3, 0.4) is 0 Å². The molecule has 0 saturated carbocycles. The van der Waals surface area contributed by atoms with E-state index in [-0.39, 0.29) is 5.41 Å². The third-order valence-corrected chi connectivity index (χ3v) is 5.61. The van der Waals surface area contributed by atoms with Crippen molar-refractivity contribution in [2.75, 3.05) is 6.54 Å². The van der Waals surface area contributed by atoms with Crippen molar-refractivity contribution in [1.29, 1.82) is 0 Å². The second kappa shape index (κ2) is 11.5. The molecule has 0 radical (unpaired) electrons. The number of hydrogen-bond acceptors (Lipinski definition) is 2. The number of nitrogens with zero attached hydrogens (tertiary/aromatic N) is 1. The molecule has 1 heterocycles. The summed E-state index contributed by atoms with van der Waals surface area (Å²) >= 11 is 6.58. The topological polar surface area (TPSA) is 38.9 Å². The van der Waals surface area contributed by atoms with Gasteiger partial charge in [-0.25, -0.2) is 0 Å². The number of nitrogens with two attached hydrogens (primary N) is 1. The van der Waals surface area contributed by atoms with Crippen molar-refractivity contribution < 1.29 is 0 Å². The zero-order chi connectivity index (χ0) is 22.1. The fourth-order valence-electron chi connectivity index (χ4n) is 3.41. The molecule has 2 aromatic rings. The summed E-state index contributed by atoms with van der Waals surface area (Å²) in [4.78, 5) is 4.53. The molecule has 0 aliphatic heterocycles. The SMILES string of the molecule is C/C=C\C(=C/CC(C)(C)C)c1cncc(-c2cc(CCC(C)CCN)ccc2Cl)c1. The molecule has 2 nitrogen and oxygen atoms in total. The predicted molar refractivity (Wildman–Crippen MR) is 133 cm³/mol. The number of aromatic nitrogens is 1. The quantitative estimate of drug-likeness (QED) is 0.418. The van der Waals surface area contributed by atoms with E-state index in [1.807, 2.05) is 25.4 Å². The molecule has 2 N–H and O–H groups in total. The standard InChI is InChI=1S/C27H37ClN2/c1-6-7-22(12-14-27(3,4)5)23-17-24(19-30-18-23)25-16-21(10-11-26(25)28)9-8-20(2)13-15-29/h6-7,10-12,16-20H,8-9,13-15,29H2,1-5H3/b7-6-,22-12+. The largest absolute Gasteiger partial charge is 0.330 e. The van der Waals surface area contributed by atoms with E-state index in [0.29, 0.717) is 5.92 Å². The third-order valence-electron chi connectivity index (χ3n) is 5.28. The molecule has 1 aromatic heterocycles. The van der Waals surface area contributed by atoms with Crippen LogP contribution in [0.25, 0.3) is 16.7 Å². The normalized spacial score (nSPS) is 13.8. The van der Waals surface area contributed by atoms with Crippen LogP contribution in [0.15, 0.2) is 54.9 Å². The Balaban J connectivity index is 2.33. The molecule has 162 valence electrons. The predicted octanol–water partition coefficient (Wildman–Crippen LogP) is 7.72. The van der Waals surface area contributed by atoms with Crippen LogP contribution in [-0.4, -0.2) is 11.5 Å². The highest BCUT2D eigenvalue weighted by Crippen LogP contribution is 2.32. The van der Waals surface area contributed by atoms with E-state index >= 15 is 0 Å². The number of benzene rings is 1. The molecular formula is C27H37ClN2. The van der Waals surface area contributed by atoms with E-state index < -0.39 is 0 Å². The molecule has 30 heavy (non-hydrogen) atoms. The first kappa shape index (κ1) is 24.4. The number of aryl methyl sites for hydroxylation is 1. The molecule has 0 aliphatic carbocycles. The summed E-state index contributed by atoms with van der Waals surface area (Å²) in [6, 6.07) is 8.55. The van der Waals surface area contributed by atoms with E-state index in [2.05, 4.69) is 69.1 Å². The van der Waals surface area contributed by atoms with Gasteiger partial charge in [0.1, 0.15) is 0 Å². The van der Waals surface area contributed by atoms with Crippen molar-refractivity contribution in [3.05, 3.63) is 71.0 Å². The van der Waals surface area contributed by atoms with Crippen molar-refractivity contribution >= 4 is 17.2 Å². The molecule has 0 bridgehead atoms. The Morgan fingerprint density at radius 2 is 1.93 bits per heavy atom. The Labute approximate surface area is 188 Å². The molecule has 0 saturated heterocycles. The molecule has 0 aliphatic rings. The Morgan fingerprint density at radius 3 is 2.60 bits per heavy atom. The molecular weight excluding hydrogens is 388 g/mol. The summed E-state index contributed by atoms with van der Waals surface area (Å²) in [5, 5.41) is 0.763. The molecule has 1 atom stereocenters. The molecule has 0 fully saturated rings.